The molecule has 3 heterocycles. The quantitative estimate of drug-likeness (QED) is 0.467. The molecule has 4 aromatic rings. The second kappa shape index (κ2) is 7.73. The second-order valence-corrected chi connectivity index (χ2v) is 6.77. The molecule has 0 aliphatic rings. The average Bonchev–Trinajstić information content (AvgIpc) is 3.42. The maximum atomic E-state index is 12.4. The molecule has 30 heavy (non-hydrogen) atoms. The Bertz CT molecular complexity index is 1310. The lowest BCUT2D eigenvalue weighted by atomic mass is 10.2. The molecule has 0 unspecified atom stereocenters. The van der Waals surface area contributed by atoms with Crippen LogP contribution in [0.15, 0.2) is 46.5 Å². The van der Waals surface area contributed by atoms with Crippen molar-refractivity contribution < 1.29 is 4.79 Å². The van der Waals surface area contributed by atoms with Gasteiger partial charge in [-0.25, -0.2) is 14.5 Å². The number of hydrogen-bond donors (Lipinski definition) is 1. The first-order valence-corrected chi connectivity index (χ1v) is 9.20. The van der Waals surface area contributed by atoms with Crippen LogP contribution in [0.1, 0.15) is 12.8 Å². The van der Waals surface area contributed by atoms with Crippen molar-refractivity contribution in [2.45, 2.75) is 19.4 Å². The zero-order valence-corrected chi connectivity index (χ0v) is 16.4. The average molecular weight is 409 g/mol. The van der Waals surface area contributed by atoms with E-state index in [-0.39, 0.29) is 12.3 Å². The standard InChI is InChI=1S/C18H19N9O3/c1-24-16-15(17(29)25(2)18(24)30)26(10-19-16)9-3-4-14(28)21-12-5-7-13(8-6-12)27-11-20-22-23-27/h5-8,10-11H,3-4,9H2,1-2H3,(H,21,28). The maximum Gasteiger partial charge on any atom is 0.332 e. The first-order chi connectivity index (χ1) is 14.5. The van der Waals surface area contributed by atoms with Crippen molar-refractivity contribution >= 4 is 22.8 Å². The van der Waals surface area contributed by atoms with E-state index in [0.29, 0.717) is 29.8 Å². The summed E-state index contributed by atoms with van der Waals surface area (Å²) in [4.78, 5) is 40.8. The van der Waals surface area contributed by atoms with Crippen LogP contribution in [0.2, 0.25) is 0 Å². The summed E-state index contributed by atoms with van der Waals surface area (Å²) in [6.45, 7) is 0.426. The van der Waals surface area contributed by atoms with Crippen LogP contribution >= 0.6 is 0 Å². The lowest BCUT2D eigenvalue weighted by Gasteiger charge is -2.08. The summed E-state index contributed by atoms with van der Waals surface area (Å²) < 4.78 is 5.57. The van der Waals surface area contributed by atoms with E-state index in [4.69, 9.17) is 0 Å². The predicted octanol–water partition coefficient (Wildman–Crippen LogP) is -0.172. The maximum absolute atomic E-state index is 12.4. The van der Waals surface area contributed by atoms with Crippen LogP contribution in [0.4, 0.5) is 5.69 Å². The molecule has 0 fully saturated rings. The monoisotopic (exact) mass is 409 g/mol. The van der Waals surface area contributed by atoms with E-state index in [1.54, 1.807) is 35.9 Å². The molecule has 4 rings (SSSR count). The van der Waals surface area contributed by atoms with Gasteiger partial charge in [-0.15, -0.1) is 5.10 Å². The third-order valence-electron chi connectivity index (χ3n) is 4.78. The first kappa shape index (κ1) is 19.2. The molecule has 3 aromatic heterocycles. The Morgan fingerprint density at radius 2 is 1.83 bits per heavy atom. The van der Waals surface area contributed by atoms with E-state index in [9.17, 15) is 14.4 Å². The van der Waals surface area contributed by atoms with E-state index >= 15 is 0 Å². The van der Waals surface area contributed by atoms with Gasteiger partial charge in [0, 0.05) is 32.7 Å². The predicted molar refractivity (Wildman–Crippen MR) is 107 cm³/mol. The van der Waals surface area contributed by atoms with Gasteiger partial charge in [-0.3, -0.25) is 18.7 Å². The van der Waals surface area contributed by atoms with Crippen LogP contribution in [-0.2, 0) is 25.4 Å². The number of nitrogens with zero attached hydrogens (tertiary/aromatic N) is 8. The Balaban J connectivity index is 1.38. The number of rotatable bonds is 6. The fraction of sp³-hybridized carbons (Fsp3) is 0.278. The highest BCUT2D eigenvalue weighted by Gasteiger charge is 2.14. The summed E-state index contributed by atoms with van der Waals surface area (Å²) >= 11 is 0. The normalized spacial score (nSPS) is 11.1. The van der Waals surface area contributed by atoms with E-state index in [0.717, 1.165) is 10.3 Å². The molecule has 0 saturated carbocycles. The van der Waals surface area contributed by atoms with Gasteiger partial charge in [0.2, 0.25) is 5.91 Å². The number of carbonyl (C=O) groups excluding carboxylic acids is 1. The van der Waals surface area contributed by atoms with Gasteiger partial charge in [-0.05, 0) is 41.1 Å². The Morgan fingerprint density at radius 3 is 2.53 bits per heavy atom. The number of nitrogens with one attached hydrogen (secondary N) is 1. The number of imidazole rings is 1. The molecule has 0 radical (unpaired) electrons. The molecule has 0 aliphatic carbocycles. The number of carbonyl (C=O) groups is 1. The van der Waals surface area contributed by atoms with Gasteiger partial charge < -0.3 is 9.88 Å². The molecule has 0 atom stereocenters. The Morgan fingerprint density at radius 1 is 1.07 bits per heavy atom. The van der Waals surface area contributed by atoms with Crippen LogP contribution in [0, 0.1) is 0 Å². The van der Waals surface area contributed by atoms with Crippen molar-refractivity contribution in [2.75, 3.05) is 5.32 Å². The number of fused-ring (bicyclic) bond motifs is 1. The fourth-order valence-electron chi connectivity index (χ4n) is 3.18. The number of hydrogen-bond acceptors (Lipinski definition) is 7. The largest absolute Gasteiger partial charge is 0.332 e. The summed E-state index contributed by atoms with van der Waals surface area (Å²) in [6.07, 6.45) is 3.77. The lowest BCUT2D eigenvalue weighted by Crippen LogP contribution is -2.37. The number of amides is 1. The van der Waals surface area contributed by atoms with Crippen molar-refractivity contribution in [1.29, 1.82) is 0 Å². The molecule has 0 spiro atoms. The Labute approximate surface area is 169 Å². The zero-order chi connectivity index (χ0) is 21.3. The van der Waals surface area contributed by atoms with E-state index in [1.165, 1.54) is 29.0 Å². The molecule has 0 saturated heterocycles. The van der Waals surface area contributed by atoms with E-state index in [1.807, 2.05) is 0 Å². The van der Waals surface area contributed by atoms with Crippen LogP contribution in [-0.4, -0.2) is 44.8 Å². The minimum Gasteiger partial charge on any atom is -0.326 e. The molecule has 1 aromatic carbocycles. The van der Waals surface area contributed by atoms with Gasteiger partial charge in [0.15, 0.2) is 11.2 Å². The number of anilines is 1. The summed E-state index contributed by atoms with van der Waals surface area (Å²) in [7, 11) is 3.00. The molecule has 12 nitrogen and oxygen atoms in total. The van der Waals surface area contributed by atoms with Crippen molar-refractivity contribution in [3.63, 3.8) is 0 Å². The van der Waals surface area contributed by atoms with Crippen LogP contribution in [0.5, 0.6) is 0 Å². The molecule has 1 N–H and O–H groups in total. The molecule has 12 heteroatoms. The van der Waals surface area contributed by atoms with Crippen molar-refractivity contribution in [1.82, 2.24) is 38.9 Å². The highest BCUT2D eigenvalue weighted by atomic mass is 16.2. The van der Waals surface area contributed by atoms with Crippen LogP contribution in [0.3, 0.4) is 0 Å². The van der Waals surface area contributed by atoms with Crippen molar-refractivity contribution in [2.24, 2.45) is 14.1 Å². The fourth-order valence-corrected chi connectivity index (χ4v) is 3.18. The summed E-state index contributed by atoms with van der Waals surface area (Å²) in [6, 6.07) is 7.12. The van der Waals surface area contributed by atoms with Gasteiger partial charge >= 0.3 is 5.69 Å². The van der Waals surface area contributed by atoms with Gasteiger partial charge in [-0.2, -0.15) is 0 Å². The molecule has 0 bridgehead atoms. The smallest absolute Gasteiger partial charge is 0.326 e. The minimum atomic E-state index is -0.428. The number of aryl methyl sites for hydroxylation is 2. The van der Waals surface area contributed by atoms with E-state index < -0.39 is 11.2 Å². The highest BCUT2D eigenvalue weighted by molar-refractivity contribution is 5.90. The number of benzene rings is 1. The molecular weight excluding hydrogens is 390 g/mol. The SMILES string of the molecule is Cn1c(=O)c2c(ncn2CCCC(=O)Nc2ccc(-n3cnnn3)cc2)n(C)c1=O. The van der Waals surface area contributed by atoms with Gasteiger partial charge in [-0.1, -0.05) is 0 Å². The molecule has 1 amide bonds. The molecule has 0 aliphatic heterocycles. The topological polar surface area (TPSA) is 135 Å². The van der Waals surface area contributed by atoms with Crippen LogP contribution < -0.4 is 16.6 Å². The Kier molecular flexibility index (Phi) is 4.96. The van der Waals surface area contributed by atoms with Crippen molar-refractivity contribution in [3.8, 4) is 5.69 Å². The number of tetrazole rings is 1. The van der Waals surface area contributed by atoms with E-state index in [2.05, 4.69) is 25.8 Å². The second-order valence-electron chi connectivity index (χ2n) is 6.77. The third kappa shape index (κ3) is 3.50. The highest BCUT2D eigenvalue weighted by Crippen LogP contribution is 2.13. The van der Waals surface area contributed by atoms with Crippen LogP contribution in [0.25, 0.3) is 16.9 Å². The minimum absolute atomic E-state index is 0.144. The molecule has 154 valence electrons. The first-order valence-electron chi connectivity index (χ1n) is 9.20. The number of aromatic nitrogens is 8. The van der Waals surface area contributed by atoms with Gasteiger partial charge in [0.25, 0.3) is 5.56 Å². The summed E-state index contributed by atoms with van der Waals surface area (Å²) in [5.74, 6) is -0.144. The summed E-state index contributed by atoms with van der Waals surface area (Å²) in [5, 5.41) is 13.8. The molecular formula is C18H19N9O3. The van der Waals surface area contributed by atoms with Crippen molar-refractivity contribution in [3.05, 3.63) is 57.8 Å². The zero-order valence-electron chi connectivity index (χ0n) is 16.4. The Hall–Kier alpha value is -4.09. The summed E-state index contributed by atoms with van der Waals surface area (Å²) in [5.41, 5.74) is 1.28. The third-order valence-corrected chi connectivity index (χ3v) is 4.78. The lowest BCUT2D eigenvalue weighted by molar-refractivity contribution is -0.116. The van der Waals surface area contributed by atoms with Gasteiger partial charge in [0.05, 0.1) is 12.0 Å². The van der Waals surface area contributed by atoms with Gasteiger partial charge in [0.1, 0.15) is 6.33 Å².